The van der Waals surface area contributed by atoms with Gasteiger partial charge in [-0.25, -0.2) is 0 Å². The largest absolute Gasteiger partial charge is 0.348 e. The molecule has 0 N–H and O–H groups in total. The van der Waals surface area contributed by atoms with E-state index in [2.05, 4.69) is 23.1 Å². The van der Waals surface area contributed by atoms with Gasteiger partial charge in [0.15, 0.2) is 5.17 Å². The third-order valence-electron chi connectivity index (χ3n) is 4.52. The van der Waals surface area contributed by atoms with Crippen molar-refractivity contribution in [3.63, 3.8) is 0 Å². The molecule has 3 nitrogen and oxygen atoms in total. The highest BCUT2D eigenvalue weighted by Crippen LogP contribution is 2.28. The molecule has 1 heterocycles. The molecule has 1 aliphatic carbocycles. The Hall–Kier alpha value is -1.47. The summed E-state index contributed by atoms with van der Waals surface area (Å²) in [7, 11) is 0. The number of aliphatic imine (C=N–C) groups is 1. The lowest BCUT2D eigenvalue weighted by Gasteiger charge is -2.38. The standard InChI is InChI=1S/C18H23N3S/c19-13-15-7-9-16(10-8-15)14-22-18-20-11-4-12-21(18)17-5-2-1-3-6-17/h7-10,17H,1-6,11-12,14H2. The molecule has 0 saturated heterocycles. The molecule has 22 heavy (non-hydrogen) atoms. The summed E-state index contributed by atoms with van der Waals surface area (Å²) in [4.78, 5) is 7.35. The number of amidine groups is 1. The first-order chi connectivity index (χ1) is 10.9. The van der Waals surface area contributed by atoms with Crippen molar-refractivity contribution in [3.8, 4) is 6.07 Å². The highest BCUT2D eigenvalue weighted by atomic mass is 32.2. The van der Waals surface area contributed by atoms with Gasteiger partial charge in [-0.15, -0.1) is 0 Å². The van der Waals surface area contributed by atoms with Crippen molar-refractivity contribution >= 4 is 16.9 Å². The average Bonchev–Trinajstić information content (AvgIpc) is 2.61. The second-order valence-electron chi connectivity index (χ2n) is 6.10. The van der Waals surface area contributed by atoms with Gasteiger partial charge in [0.2, 0.25) is 0 Å². The van der Waals surface area contributed by atoms with Gasteiger partial charge in [0.05, 0.1) is 11.6 Å². The molecular weight excluding hydrogens is 290 g/mol. The molecule has 1 aromatic carbocycles. The van der Waals surface area contributed by atoms with Crippen LogP contribution in [0.3, 0.4) is 0 Å². The van der Waals surface area contributed by atoms with Gasteiger partial charge in [-0.1, -0.05) is 43.2 Å². The third kappa shape index (κ3) is 3.84. The maximum Gasteiger partial charge on any atom is 0.159 e. The van der Waals surface area contributed by atoms with E-state index >= 15 is 0 Å². The molecule has 0 radical (unpaired) electrons. The van der Waals surface area contributed by atoms with Crippen LogP contribution in [0.15, 0.2) is 29.3 Å². The number of nitrogens with zero attached hydrogens (tertiary/aromatic N) is 3. The topological polar surface area (TPSA) is 39.4 Å². The van der Waals surface area contributed by atoms with E-state index in [9.17, 15) is 0 Å². The summed E-state index contributed by atoms with van der Waals surface area (Å²) in [5, 5.41) is 10.1. The minimum Gasteiger partial charge on any atom is -0.348 e. The quantitative estimate of drug-likeness (QED) is 0.840. The number of nitriles is 1. The Morgan fingerprint density at radius 3 is 2.64 bits per heavy atom. The van der Waals surface area contributed by atoms with E-state index in [-0.39, 0.29) is 0 Å². The average molecular weight is 313 g/mol. The molecule has 0 bridgehead atoms. The SMILES string of the molecule is N#Cc1ccc(CSC2=NCCCN2C2CCCCC2)cc1. The van der Waals surface area contributed by atoms with Gasteiger partial charge in [0.1, 0.15) is 0 Å². The molecule has 3 rings (SSSR count). The van der Waals surface area contributed by atoms with Gasteiger partial charge in [-0.2, -0.15) is 5.26 Å². The monoisotopic (exact) mass is 313 g/mol. The third-order valence-corrected chi connectivity index (χ3v) is 5.62. The second-order valence-corrected chi connectivity index (χ2v) is 7.04. The van der Waals surface area contributed by atoms with Crippen LogP contribution in [0.2, 0.25) is 0 Å². The Balaban J connectivity index is 1.61. The smallest absolute Gasteiger partial charge is 0.159 e. The van der Waals surface area contributed by atoms with Crippen molar-refractivity contribution in [2.24, 2.45) is 4.99 Å². The van der Waals surface area contributed by atoms with Crippen LogP contribution in [0.1, 0.15) is 49.7 Å². The first kappa shape index (κ1) is 15.4. The van der Waals surface area contributed by atoms with Crippen LogP contribution in [-0.2, 0) is 5.75 Å². The maximum atomic E-state index is 8.86. The van der Waals surface area contributed by atoms with Crippen LogP contribution in [0, 0.1) is 11.3 Å². The van der Waals surface area contributed by atoms with Crippen molar-refractivity contribution < 1.29 is 0 Å². The highest BCUT2D eigenvalue weighted by Gasteiger charge is 2.25. The summed E-state index contributed by atoms with van der Waals surface area (Å²) in [6, 6.07) is 10.8. The van der Waals surface area contributed by atoms with E-state index in [1.807, 2.05) is 23.9 Å². The van der Waals surface area contributed by atoms with Gasteiger partial charge >= 0.3 is 0 Å². The minimum absolute atomic E-state index is 0.710. The molecule has 4 heteroatoms. The van der Waals surface area contributed by atoms with Crippen molar-refractivity contribution in [2.45, 2.75) is 50.3 Å². The Morgan fingerprint density at radius 1 is 1.14 bits per heavy atom. The molecular formula is C18H23N3S. The second kappa shape index (κ2) is 7.69. The van der Waals surface area contributed by atoms with E-state index in [0.717, 1.165) is 17.9 Å². The van der Waals surface area contributed by atoms with Crippen molar-refractivity contribution in [1.29, 1.82) is 5.26 Å². The highest BCUT2D eigenvalue weighted by molar-refractivity contribution is 8.13. The molecule has 0 unspecified atom stereocenters. The summed E-state index contributed by atoms with van der Waals surface area (Å²) in [6.45, 7) is 2.14. The fourth-order valence-corrected chi connectivity index (χ4v) is 4.36. The van der Waals surface area contributed by atoms with Crippen LogP contribution in [0.4, 0.5) is 0 Å². The lowest BCUT2D eigenvalue weighted by Crippen LogP contribution is -2.43. The van der Waals surface area contributed by atoms with E-state index < -0.39 is 0 Å². The number of rotatable bonds is 3. The molecule has 116 valence electrons. The zero-order chi connectivity index (χ0) is 15.2. The van der Waals surface area contributed by atoms with Gasteiger partial charge in [-0.3, -0.25) is 4.99 Å². The molecule has 1 fully saturated rings. The fourth-order valence-electron chi connectivity index (χ4n) is 3.29. The van der Waals surface area contributed by atoms with Crippen LogP contribution in [0.5, 0.6) is 0 Å². The van der Waals surface area contributed by atoms with Crippen molar-refractivity contribution in [1.82, 2.24) is 4.90 Å². The molecule has 0 amide bonds. The lowest BCUT2D eigenvalue weighted by atomic mass is 9.94. The summed E-state index contributed by atoms with van der Waals surface area (Å²) in [5.74, 6) is 0.938. The van der Waals surface area contributed by atoms with Crippen molar-refractivity contribution in [2.75, 3.05) is 13.1 Å². The molecule has 0 atom stereocenters. The molecule has 1 aliphatic heterocycles. The molecule has 1 aromatic rings. The molecule has 0 spiro atoms. The van der Waals surface area contributed by atoms with Crippen LogP contribution in [-0.4, -0.2) is 29.2 Å². The Kier molecular flexibility index (Phi) is 5.39. The van der Waals surface area contributed by atoms with Crippen molar-refractivity contribution in [3.05, 3.63) is 35.4 Å². The predicted molar refractivity (Wildman–Crippen MR) is 93.0 cm³/mol. The zero-order valence-corrected chi connectivity index (χ0v) is 13.8. The summed E-state index contributed by atoms with van der Waals surface area (Å²) in [6.07, 6.45) is 7.99. The normalized spacial score (nSPS) is 19.6. The van der Waals surface area contributed by atoms with Gasteiger partial charge in [0, 0.05) is 24.9 Å². The van der Waals surface area contributed by atoms with Crippen LogP contribution in [0.25, 0.3) is 0 Å². The van der Waals surface area contributed by atoms with Crippen LogP contribution < -0.4 is 0 Å². The molecule has 1 saturated carbocycles. The number of benzene rings is 1. The Morgan fingerprint density at radius 2 is 1.91 bits per heavy atom. The fraction of sp³-hybridized carbons (Fsp3) is 0.556. The number of thioether (sulfide) groups is 1. The summed E-state index contributed by atoms with van der Waals surface area (Å²) < 4.78 is 0. The van der Waals surface area contributed by atoms with E-state index in [1.54, 1.807) is 0 Å². The van der Waals surface area contributed by atoms with Gasteiger partial charge < -0.3 is 4.90 Å². The lowest BCUT2D eigenvalue weighted by molar-refractivity contribution is 0.239. The zero-order valence-electron chi connectivity index (χ0n) is 13.0. The predicted octanol–water partition coefficient (Wildman–Crippen LogP) is 4.19. The Bertz CT molecular complexity index is 553. The molecule has 2 aliphatic rings. The minimum atomic E-state index is 0.710. The summed E-state index contributed by atoms with van der Waals surface area (Å²) >= 11 is 1.86. The number of hydrogen-bond acceptors (Lipinski definition) is 4. The van der Waals surface area contributed by atoms with Crippen LogP contribution >= 0.6 is 11.8 Å². The maximum absolute atomic E-state index is 8.86. The van der Waals surface area contributed by atoms with E-state index in [1.165, 1.54) is 55.8 Å². The van der Waals surface area contributed by atoms with Gasteiger partial charge in [0.25, 0.3) is 0 Å². The van der Waals surface area contributed by atoms with E-state index in [4.69, 9.17) is 10.3 Å². The van der Waals surface area contributed by atoms with E-state index in [0.29, 0.717) is 6.04 Å². The Labute approximate surface area is 137 Å². The molecule has 0 aromatic heterocycles. The summed E-state index contributed by atoms with van der Waals surface area (Å²) in [5.41, 5.74) is 1.99. The first-order valence-electron chi connectivity index (χ1n) is 8.30. The number of hydrogen-bond donors (Lipinski definition) is 0. The first-order valence-corrected chi connectivity index (χ1v) is 9.28. The van der Waals surface area contributed by atoms with Gasteiger partial charge in [-0.05, 0) is 37.0 Å².